The van der Waals surface area contributed by atoms with Crippen LogP contribution in [0.1, 0.15) is 12.8 Å². The summed E-state index contributed by atoms with van der Waals surface area (Å²) in [5.41, 5.74) is 0. The topological polar surface area (TPSA) is 72.7 Å². The van der Waals surface area contributed by atoms with Crippen molar-refractivity contribution in [2.45, 2.75) is 25.1 Å². The largest absolute Gasteiger partial charge is 0.297 e. The van der Waals surface area contributed by atoms with Gasteiger partial charge in [-0.25, -0.2) is 0 Å². The highest BCUT2D eigenvalue weighted by Crippen LogP contribution is 2.27. The van der Waals surface area contributed by atoms with Gasteiger partial charge in [-0.3, -0.25) is 19.7 Å². The first kappa shape index (κ1) is 7.63. The van der Waals surface area contributed by atoms with Gasteiger partial charge in [0.25, 0.3) is 6.17 Å². The molecule has 2 bridgehead atoms. The molecule has 0 radical (unpaired) electrons. The second kappa shape index (κ2) is 2.49. The van der Waals surface area contributed by atoms with E-state index in [1.807, 2.05) is 0 Å². The van der Waals surface area contributed by atoms with Crippen LogP contribution in [-0.4, -0.2) is 34.6 Å². The van der Waals surface area contributed by atoms with Gasteiger partial charge in [-0.1, -0.05) is 0 Å². The molecule has 6 heteroatoms. The molecule has 12 heavy (non-hydrogen) atoms. The zero-order chi connectivity index (χ0) is 8.72. The van der Waals surface area contributed by atoms with Gasteiger partial charge in [-0.15, -0.1) is 5.06 Å². The molecule has 0 spiro atoms. The molecule has 0 amide bonds. The minimum atomic E-state index is -0.818. The molecule has 3 atom stereocenters. The number of nitrogens with zero attached hydrogens (tertiary/aromatic N) is 2. The average molecular weight is 172 g/mol. The Balaban J connectivity index is 2.15. The van der Waals surface area contributed by atoms with Crippen molar-refractivity contribution in [3.8, 4) is 0 Å². The van der Waals surface area contributed by atoms with Crippen molar-refractivity contribution in [1.29, 1.82) is 0 Å². The van der Waals surface area contributed by atoms with Gasteiger partial charge in [0.15, 0.2) is 5.78 Å². The van der Waals surface area contributed by atoms with E-state index in [2.05, 4.69) is 0 Å². The van der Waals surface area contributed by atoms with Gasteiger partial charge in [0.1, 0.15) is 6.10 Å². The Kier molecular flexibility index (Phi) is 1.59. The maximum atomic E-state index is 11.0. The quantitative estimate of drug-likeness (QED) is 0.396. The first-order valence-electron chi connectivity index (χ1n) is 3.78. The zero-order valence-corrected chi connectivity index (χ0v) is 6.30. The molecular formula is C6H8N2O4. The van der Waals surface area contributed by atoms with Crippen LogP contribution in [0.5, 0.6) is 0 Å². The number of carbonyl (C=O) groups excluding carboxylic acids is 1. The monoisotopic (exact) mass is 172 g/mol. The van der Waals surface area contributed by atoms with E-state index >= 15 is 0 Å². The van der Waals surface area contributed by atoms with Crippen molar-refractivity contribution in [2.75, 3.05) is 6.54 Å². The Morgan fingerprint density at radius 2 is 2.42 bits per heavy atom. The molecule has 0 saturated carbocycles. The summed E-state index contributed by atoms with van der Waals surface area (Å²) in [6.07, 6.45) is -0.809. The third-order valence-electron chi connectivity index (χ3n) is 2.20. The molecule has 0 aromatic carbocycles. The second-order valence-corrected chi connectivity index (χ2v) is 2.95. The fraction of sp³-hybridized carbons (Fsp3) is 0.833. The summed E-state index contributed by atoms with van der Waals surface area (Å²) in [6.45, 7) is 0.348. The Hall–Kier alpha value is -1.01. The lowest BCUT2D eigenvalue weighted by Gasteiger charge is -2.20. The van der Waals surface area contributed by atoms with Crippen LogP contribution < -0.4 is 0 Å². The van der Waals surface area contributed by atoms with Crippen LogP contribution >= 0.6 is 0 Å². The lowest BCUT2D eigenvalue weighted by molar-refractivity contribution is -0.561. The molecule has 2 heterocycles. The molecule has 2 aliphatic rings. The minimum absolute atomic E-state index is 0.0180. The summed E-state index contributed by atoms with van der Waals surface area (Å²) in [5, 5.41) is 11.7. The molecule has 0 aromatic heterocycles. The SMILES string of the molecule is O=C1CCN2O[C@@H]1C[C@H]2[N+](=O)[O-]. The highest BCUT2D eigenvalue weighted by atomic mass is 16.7. The number of fused-ring (bicyclic) bond motifs is 2. The van der Waals surface area contributed by atoms with Crippen LogP contribution in [0, 0.1) is 10.1 Å². The molecule has 2 rings (SSSR count). The third kappa shape index (κ3) is 0.997. The number of ketones is 1. The van der Waals surface area contributed by atoms with Crippen LogP contribution in [-0.2, 0) is 9.63 Å². The molecule has 0 N–H and O–H groups in total. The average Bonchev–Trinajstić information content (AvgIpc) is 2.37. The smallest absolute Gasteiger partial charge is 0.292 e. The van der Waals surface area contributed by atoms with E-state index in [-0.39, 0.29) is 12.2 Å². The zero-order valence-electron chi connectivity index (χ0n) is 6.30. The summed E-state index contributed by atoms with van der Waals surface area (Å²) in [4.78, 5) is 26.1. The van der Waals surface area contributed by atoms with Crippen LogP contribution in [0.2, 0.25) is 0 Å². The van der Waals surface area contributed by atoms with Crippen LogP contribution in [0.3, 0.4) is 0 Å². The molecule has 66 valence electrons. The van der Waals surface area contributed by atoms with Crippen LogP contribution in [0.15, 0.2) is 0 Å². The van der Waals surface area contributed by atoms with Gasteiger partial charge in [0.05, 0.1) is 6.42 Å². The van der Waals surface area contributed by atoms with Crippen molar-refractivity contribution >= 4 is 5.78 Å². The van der Waals surface area contributed by atoms with Gasteiger partial charge in [0, 0.05) is 17.9 Å². The number of hydroxylamine groups is 2. The molecular weight excluding hydrogens is 164 g/mol. The summed E-state index contributed by atoms with van der Waals surface area (Å²) in [7, 11) is 0. The first-order chi connectivity index (χ1) is 5.68. The van der Waals surface area contributed by atoms with Gasteiger partial charge >= 0.3 is 0 Å². The summed E-state index contributed by atoms with van der Waals surface area (Å²) < 4.78 is 0. The number of rotatable bonds is 1. The summed E-state index contributed by atoms with van der Waals surface area (Å²) in [6, 6.07) is 0. The Morgan fingerprint density at radius 1 is 1.67 bits per heavy atom. The molecule has 2 saturated heterocycles. The summed E-state index contributed by atoms with van der Waals surface area (Å²) >= 11 is 0. The van der Waals surface area contributed by atoms with Gasteiger partial charge in [0.2, 0.25) is 0 Å². The fourth-order valence-corrected chi connectivity index (χ4v) is 1.55. The van der Waals surface area contributed by atoms with E-state index < -0.39 is 17.2 Å². The highest BCUT2D eigenvalue weighted by Gasteiger charge is 2.47. The van der Waals surface area contributed by atoms with Crippen molar-refractivity contribution in [1.82, 2.24) is 5.06 Å². The Bertz CT molecular complexity index is 242. The third-order valence-corrected chi connectivity index (χ3v) is 2.20. The highest BCUT2D eigenvalue weighted by molar-refractivity contribution is 5.84. The second-order valence-electron chi connectivity index (χ2n) is 2.95. The van der Waals surface area contributed by atoms with Crippen molar-refractivity contribution in [3.05, 3.63) is 10.1 Å². The molecule has 6 nitrogen and oxygen atoms in total. The van der Waals surface area contributed by atoms with Crippen LogP contribution in [0.4, 0.5) is 0 Å². The molecule has 1 unspecified atom stereocenters. The number of Topliss-reactive ketones (excluding diaryl/α,β-unsaturated/α-hetero) is 1. The summed E-state index contributed by atoms with van der Waals surface area (Å²) in [5.74, 6) is -0.0180. The van der Waals surface area contributed by atoms with Crippen molar-refractivity contribution in [2.24, 2.45) is 0 Å². The number of nitro groups is 1. The van der Waals surface area contributed by atoms with Gasteiger partial charge in [-0.2, -0.15) is 0 Å². The van der Waals surface area contributed by atoms with Crippen LogP contribution in [0.25, 0.3) is 0 Å². The molecule has 0 aromatic rings. The van der Waals surface area contributed by atoms with E-state index in [4.69, 9.17) is 4.84 Å². The van der Waals surface area contributed by atoms with Gasteiger partial charge < -0.3 is 0 Å². The predicted octanol–water partition coefficient (Wildman–Crippen LogP) is -0.432. The van der Waals surface area contributed by atoms with E-state index in [0.29, 0.717) is 13.0 Å². The van der Waals surface area contributed by atoms with Crippen molar-refractivity contribution < 1.29 is 14.6 Å². The Morgan fingerprint density at radius 3 is 3.00 bits per heavy atom. The number of hydrogen-bond donors (Lipinski definition) is 0. The van der Waals surface area contributed by atoms with E-state index in [1.54, 1.807) is 0 Å². The Labute approximate surface area is 68.2 Å². The van der Waals surface area contributed by atoms with Crippen molar-refractivity contribution in [3.63, 3.8) is 0 Å². The maximum Gasteiger partial charge on any atom is 0.292 e. The minimum Gasteiger partial charge on any atom is -0.297 e. The normalized spacial score (nSPS) is 40.0. The van der Waals surface area contributed by atoms with E-state index in [9.17, 15) is 14.9 Å². The standard InChI is InChI=1S/C6H8N2O4/c9-4-1-2-7-6(8(10)11)3-5(4)12-7/h5-6H,1-3H2/t5-,6-/m1/s1. The predicted molar refractivity (Wildman–Crippen MR) is 36.6 cm³/mol. The first-order valence-corrected chi connectivity index (χ1v) is 3.78. The van der Waals surface area contributed by atoms with E-state index in [1.165, 1.54) is 5.06 Å². The number of hydrogen-bond acceptors (Lipinski definition) is 5. The maximum absolute atomic E-state index is 11.0. The molecule has 2 aliphatic heterocycles. The number of carbonyl (C=O) groups is 1. The van der Waals surface area contributed by atoms with E-state index in [0.717, 1.165) is 0 Å². The lowest BCUT2D eigenvalue weighted by atomic mass is 10.1. The fourth-order valence-electron chi connectivity index (χ4n) is 1.55. The molecule has 0 aliphatic carbocycles. The lowest BCUT2D eigenvalue weighted by Crippen LogP contribution is -2.38. The van der Waals surface area contributed by atoms with Gasteiger partial charge in [-0.05, 0) is 0 Å². The molecule has 2 fully saturated rings.